The lowest BCUT2D eigenvalue weighted by molar-refractivity contribution is 0.328. The summed E-state index contributed by atoms with van der Waals surface area (Å²) < 4.78 is 8.08. The molecule has 0 atom stereocenters. The van der Waals surface area contributed by atoms with Gasteiger partial charge in [0, 0.05) is 17.9 Å². The fraction of sp³-hybridized carbons (Fsp3) is 0.409. The second-order valence-corrected chi connectivity index (χ2v) is 7.53. The van der Waals surface area contributed by atoms with Crippen LogP contribution in [0.3, 0.4) is 0 Å². The van der Waals surface area contributed by atoms with Crippen LogP contribution in [0.5, 0.6) is 5.88 Å². The lowest BCUT2D eigenvalue weighted by Crippen LogP contribution is -2.44. The molecule has 6 N–H and O–H groups in total. The Hall–Kier alpha value is -3.17. The summed E-state index contributed by atoms with van der Waals surface area (Å²) in [7, 11) is 0. The Bertz CT molecular complexity index is 1070. The maximum absolute atomic E-state index is 8.01. The molecule has 3 heterocycles. The van der Waals surface area contributed by atoms with Crippen LogP contribution in [0.25, 0.3) is 22.3 Å². The Morgan fingerprint density at radius 3 is 2.74 bits per heavy atom. The lowest BCUT2D eigenvalue weighted by Gasteiger charge is -2.18. The van der Waals surface area contributed by atoms with Gasteiger partial charge in [-0.15, -0.1) is 0 Å². The van der Waals surface area contributed by atoms with E-state index in [9.17, 15) is 0 Å². The van der Waals surface area contributed by atoms with E-state index in [1.807, 2.05) is 25.1 Å². The summed E-state index contributed by atoms with van der Waals surface area (Å²) in [5, 5.41) is 11.4. The SMILES string of the molecule is CCOc1ncccc1-c1cc(NCC(=N)NNN)c2c(n1)c(C)c(CC)n2C(C)C. The minimum Gasteiger partial charge on any atom is -0.477 e. The van der Waals surface area contributed by atoms with Crippen molar-refractivity contribution < 1.29 is 4.74 Å². The molecule has 31 heavy (non-hydrogen) atoms. The third kappa shape index (κ3) is 4.47. The molecule has 9 nitrogen and oxygen atoms in total. The molecule has 0 fully saturated rings. The van der Waals surface area contributed by atoms with E-state index in [1.165, 1.54) is 5.69 Å². The van der Waals surface area contributed by atoms with Gasteiger partial charge in [0.2, 0.25) is 5.88 Å². The van der Waals surface area contributed by atoms with Gasteiger partial charge in [-0.25, -0.2) is 9.97 Å². The summed E-state index contributed by atoms with van der Waals surface area (Å²) in [4.78, 5) is 9.43. The lowest BCUT2D eigenvalue weighted by atomic mass is 10.1. The standard InChI is InChI=1S/C22H32N8O/c1-6-18-14(5)20-21(30(18)13(3)4)17(26-12-19(23)28-29-24)11-16(27-20)15-9-8-10-25-22(15)31-7-2/h8-11,13,29H,6-7,12,24H2,1-5H3,(H2,23,28)(H,26,27). The summed E-state index contributed by atoms with van der Waals surface area (Å²) in [5.74, 6) is 6.05. The maximum atomic E-state index is 8.01. The van der Waals surface area contributed by atoms with E-state index in [-0.39, 0.29) is 18.4 Å². The van der Waals surface area contributed by atoms with E-state index in [4.69, 9.17) is 21.0 Å². The Kier molecular flexibility index (Phi) is 7.09. The van der Waals surface area contributed by atoms with Gasteiger partial charge >= 0.3 is 0 Å². The molecule has 0 unspecified atom stereocenters. The molecule has 3 aromatic heterocycles. The average molecular weight is 425 g/mol. The molecule has 0 bridgehead atoms. The van der Waals surface area contributed by atoms with Crippen molar-refractivity contribution in [3.05, 3.63) is 35.7 Å². The van der Waals surface area contributed by atoms with Crippen molar-refractivity contribution in [3.63, 3.8) is 0 Å². The van der Waals surface area contributed by atoms with Crippen molar-refractivity contribution in [2.75, 3.05) is 18.5 Å². The number of nitrogens with one attached hydrogen (secondary N) is 4. The second-order valence-electron chi connectivity index (χ2n) is 7.53. The van der Waals surface area contributed by atoms with Crippen LogP contribution in [-0.4, -0.2) is 33.5 Å². The molecule has 0 amide bonds. The van der Waals surface area contributed by atoms with Crippen LogP contribution in [0.4, 0.5) is 5.69 Å². The predicted molar refractivity (Wildman–Crippen MR) is 125 cm³/mol. The van der Waals surface area contributed by atoms with E-state index in [0.29, 0.717) is 12.5 Å². The van der Waals surface area contributed by atoms with Crippen LogP contribution in [-0.2, 0) is 6.42 Å². The van der Waals surface area contributed by atoms with Crippen LogP contribution < -0.4 is 26.9 Å². The van der Waals surface area contributed by atoms with Crippen LogP contribution in [0, 0.1) is 12.3 Å². The van der Waals surface area contributed by atoms with Crippen LogP contribution in [0.2, 0.25) is 0 Å². The van der Waals surface area contributed by atoms with E-state index >= 15 is 0 Å². The monoisotopic (exact) mass is 424 g/mol. The first-order valence-corrected chi connectivity index (χ1v) is 10.6. The highest BCUT2D eigenvalue weighted by Gasteiger charge is 2.22. The summed E-state index contributed by atoms with van der Waals surface area (Å²) in [6, 6.07) is 6.11. The Labute approximate surface area is 182 Å². The summed E-state index contributed by atoms with van der Waals surface area (Å²) >= 11 is 0. The number of pyridine rings is 2. The fourth-order valence-corrected chi connectivity index (χ4v) is 3.93. The molecule has 3 aromatic rings. The van der Waals surface area contributed by atoms with Gasteiger partial charge < -0.3 is 14.6 Å². The van der Waals surface area contributed by atoms with Crippen molar-refractivity contribution in [3.8, 4) is 17.1 Å². The number of rotatable bonds is 9. The van der Waals surface area contributed by atoms with Crippen LogP contribution >= 0.6 is 0 Å². The van der Waals surface area contributed by atoms with Gasteiger partial charge in [-0.05, 0) is 57.9 Å². The van der Waals surface area contributed by atoms with Gasteiger partial charge in [-0.1, -0.05) is 6.92 Å². The van der Waals surface area contributed by atoms with Crippen LogP contribution in [0.1, 0.15) is 45.0 Å². The number of fused-ring (bicyclic) bond motifs is 1. The van der Waals surface area contributed by atoms with Gasteiger partial charge in [0.05, 0.1) is 41.1 Å². The number of hydrogen-bond donors (Lipinski definition) is 5. The highest BCUT2D eigenvalue weighted by Crippen LogP contribution is 2.37. The topological polar surface area (TPSA) is 126 Å². The molecule has 0 spiro atoms. The minimum absolute atomic E-state index is 0.223. The number of nitrogens with two attached hydrogens (primary N) is 1. The average Bonchev–Trinajstić information content (AvgIpc) is 3.05. The van der Waals surface area contributed by atoms with E-state index in [0.717, 1.165) is 40.0 Å². The number of amidine groups is 1. The first-order valence-electron chi connectivity index (χ1n) is 10.6. The van der Waals surface area contributed by atoms with E-state index in [2.05, 4.69) is 53.5 Å². The highest BCUT2D eigenvalue weighted by molar-refractivity contribution is 5.96. The molecule has 0 saturated heterocycles. The molecular weight excluding hydrogens is 392 g/mol. The zero-order valence-corrected chi connectivity index (χ0v) is 18.8. The largest absolute Gasteiger partial charge is 0.477 e. The third-order valence-corrected chi connectivity index (χ3v) is 5.17. The van der Waals surface area contributed by atoms with Crippen molar-refractivity contribution in [1.82, 2.24) is 25.5 Å². The van der Waals surface area contributed by atoms with Gasteiger partial charge in [0.25, 0.3) is 0 Å². The predicted octanol–water partition coefficient (Wildman–Crippen LogP) is 3.31. The molecule has 166 valence electrons. The smallest absolute Gasteiger partial charge is 0.222 e. The zero-order chi connectivity index (χ0) is 22.5. The van der Waals surface area contributed by atoms with Gasteiger partial charge in [0.15, 0.2) is 0 Å². The number of aromatic nitrogens is 3. The number of ether oxygens (including phenoxy) is 1. The van der Waals surface area contributed by atoms with Crippen molar-refractivity contribution >= 4 is 22.6 Å². The zero-order valence-electron chi connectivity index (χ0n) is 18.8. The minimum atomic E-state index is 0.223. The maximum Gasteiger partial charge on any atom is 0.222 e. The van der Waals surface area contributed by atoms with E-state index < -0.39 is 0 Å². The molecule has 3 rings (SSSR count). The molecule has 0 aromatic carbocycles. The molecule has 0 aliphatic heterocycles. The summed E-state index contributed by atoms with van der Waals surface area (Å²) in [6.45, 7) is 11.4. The van der Waals surface area contributed by atoms with Gasteiger partial charge in [-0.2, -0.15) is 5.53 Å². The Morgan fingerprint density at radius 1 is 1.32 bits per heavy atom. The number of aryl methyl sites for hydroxylation is 1. The normalized spacial score (nSPS) is 11.2. The molecule has 0 radical (unpaired) electrons. The molecule has 0 aliphatic carbocycles. The van der Waals surface area contributed by atoms with Crippen molar-refractivity contribution in [2.45, 2.75) is 47.1 Å². The Balaban J connectivity index is 2.25. The number of hydrogen-bond acceptors (Lipinski definition) is 7. The quantitative estimate of drug-likeness (QED) is 0.154. The fourth-order valence-electron chi connectivity index (χ4n) is 3.93. The second kappa shape index (κ2) is 9.76. The van der Waals surface area contributed by atoms with E-state index in [1.54, 1.807) is 6.20 Å². The number of anilines is 1. The Morgan fingerprint density at radius 2 is 2.10 bits per heavy atom. The van der Waals surface area contributed by atoms with Gasteiger partial charge in [0.1, 0.15) is 5.84 Å². The first kappa shape index (κ1) is 22.5. The van der Waals surface area contributed by atoms with Gasteiger partial charge in [-0.3, -0.25) is 16.7 Å². The molecule has 0 saturated carbocycles. The highest BCUT2D eigenvalue weighted by atomic mass is 16.5. The first-order chi connectivity index (χ1) is 14.9. The molecular formula is C22H32N8O. The third-order valence-electron chi connectivity index (χ3n) is 5.17. The number of nitrogens with zero attached hydrogens (tertiary/aromatic N) is 3. The molecule has 9 heteroatoms. The summed E-state index contributed by atoms with van der Waals surface area (Å²) in [5.41, 5.74) is 11.8. The van der Waals surface area contributed by atoms with Crippen molar-refractivity contribution in [2.24, 2.45) is 5.84 Å². The van der Waals surface area contributed by atoms with Crippen LogP contribution in [0.15, 0.2) is 24.4 Å². The number of hydrazine groups is 2. The summed E-state index contributed by atoms with van der Waals surface area (Å²) in [6.07, 6.45) is 2.62. The molecule has 0 aliphatic rings. The van der Waals surface area contributed by atoms with Crippen molar-refractivity contribution in [1.29, 1.82) is 5.41 Å².